The number of benzene rings is 2. The highest BCUT2D eigenvalue weighted by molar-refractivity contribution is 7.88. The summed E-state index contributed by atoms with van der Waals surface area (Å²) in [5.74, 6) is 0. The number of hydrogen-bond acceptors (Lipinski definition) is 3. The average molecular weight is 304 g/mol. The Morgan fingerprint density at radius 3 is 1.62 bits per heavy atom. The first-order valence-electron chi connectivity index (χ1n) is 6.76. The van der Waals surface area contributed by atoms with Gasteiger partial charge in [-0.1, -0.05) is 60.7 Å². The van der Waals surface area contributed by atoms with Gasteiger partial charge in [0.25, 0.3) is 0 Å². The van der Waals surface area contributed by atoms with Crippen LogP contribution < -0.4 is 10.0 Å². The van der Waals surface area contributed by atoms with Crippen molar-refractivity contribution in [3.8, 4) is 0 Å². The van der Waals surface area contributed by atoms with Gasteiger partial charge in [-0.05, 0) is 18.2 Å². The zero-order valence-corrected chi connectivity index (χ0v) is 13.0. The van der Waals surface area contributed by atoms with Crippen LogP contribution in [0.25, 0.3) is 0 Å². The molecule has 0 amide bonds. The van der Waals surface area contributed by atoms with Gasteiger partial charge in [-0.25, -0.2) is 13.1 Å². The maximum Gasteiger partial charge on any atom is 0.209 e. The maximum absolute atomic E-state index is 11.7. The van der Waals surface area contributed by atoms with Crippen LogP contribution in [0.3, 0.4) is 0 Å². The van der Waals surface area contributed by atoms with E-state index < -0.39 is 10.0 Å². The zero-order chi connectivity index (χ0) is 15.3. The largest absolute Gasteiger partial charge is 0.311 e. The summed E-state index contributed by atoms with van der Waals surface area (Å²) < 4.78 is 26.2. The van der Waals surface area contributed by atoms with Crippen molar-refractivity contribution in [3.63, 3.8) is 0 Å². The summed E-state index contributed by atoms with van der Waals surface area (Å²) in [4.78, 5) is 0. The van der Waals surface area contributed by atoms with Crippen LogP contribution in [0.5, 0.6) is 0 Å². The SMILES string of the molecule is CN[C@H](c1ccccc1)[C@H](NS(C)(=O)=O)c1ccccc1. The molecule has 0 saturated carbocycles. The van der Waals surface area contributed by atoms with E-state index in [1.165, 1.54) is 6.26 Å². The molecule has 2 atom stereocenters. The Morgan fingerprint density at radius 2 is 1.24 bits per heavy atom. The highest BCUT2D eigenvalue weighted by Crippen LogP contribution is 2.29. The van der Waals surface area contributed by atoms with E-state index in [1.54, 1.807) is 0 Å². The molecule has 0 aliphatic carbocycles. The van der Waals surface area contributed by atoms with E-state index in [4.69, 9.17) is 0 Å². The Morgan fingerprint density at radius 1 is 0.810 bits per heavy atom. The maximum atomic E-state index is 11.7. The van der Waals surface area contributed by atoms with Gasteiger partial charge in [0.15, 0.2) is 0 Å². The van der Waals surface area contributed by atoms with Gasteiger partial charge in [0.2, 0.25) is 10.0 Å². The molecule has 0 aliphatic heterocycles. The molecule has 0 unspecified atom stereocenters. The van der Waals surface area contributed by atoms with Crippen LogP contribution in [0.4, 0.5) is 0 Å². The van der Waals surface area contributed by atoms with Gasteiger partial charge >= 0.3 is 0 Å². The van der Waals surface area contributed by atoms with E-state index in [-0.39, 0.29) is 12.1 Å². The second-order valence-corrected chi connectivity index (χ2v) is 6.74. The van der Waals surface area contributed by atoms with Gasteiger partial charge < -0.3 is 5.32 Å². The van der Waals surface area contributed by atoms with E-state index >= 15 is 0 Å². The first-order chi connectivity index (χ1) is 10.0. The molecule has 0 saturated heterocycles. The molecule has 0 radical (unpaired) electrons. The second kappa shape index (κ2) is 6.85. The first-order valence-corrected chi connectivity index (χ1v) is 8.65. The van der Waals surface area contributed by atoms with Crippen molar-refractivity contribution in [2.24, 2.45) is 0 Å². The predicted octanol–water partition coefficient (Wildman–Crippen LogP) is 2.24. The van der Waals surface area contributed by atoms with Crippen LogP contribution in [0.2, 0.25) is 0 Å². The smallest absolute Gasteiger partial charge is 0.209 e. The van der Waals surface area contributed by atoms with Crippen LogP contribution in [0.1, 0.15) is 23.2 Å². The summed E-state index contributed by atoms with van der Waals surface area (Å²) in [5, 5.41) is 3.21. The van der Waals surface area contributed by atoms with Crippen molar-refractivity contribution >= 4 is 10.0 Å². The third kappa shape index (κ3) is 4.39. The van der Waals surface area contributed by atoms with Crippen LogP contribution in [-0.4, -0.2) is 21.7 Å². The Kier molecular flexibility index (Phi) is 5.12. The molecule has 21 heavy (non-hydrogen) atoms. The molecule has 2 aromatic rings. The molecule has 0 bridgehead atoms. The Bertz CT molecular complexity index is 657. The molecule has 112 valence electrons. The van der Waals surface area contributed by atoms with E-state index in [0.29, 0.717) is 0 Å². The van der Waals surface area contributed by atoms with Crippen molar-refractivity contribution in [2.75, 3.05) is 13.3 Å². The van der Waals surface area contributed by atoms with E-state index in [9.17, 15) is 8.42 Å². The third-order valence-electron chi connectivity index (χ3n) is 3.30. The molecular weight excluding hydrogens is 284 g/mol. The molecule has 0 aliphatic rings. The summed E-state index contributed by atoms with van der Waals surface area (Å²) in [6.07, 6.45) is 1.18. The van der Waals surface area contributed by atoms with E-state index in [1.807, 2.05) is 67.7 Å². The van der Waals surface area contributed by atoms with Crippen LogP contribution in [0.15, 0.2) is 60.7 Å². The van der Waals surface area contributed by atoms with E-state index in [2.05, 4.69) is 10.0 Å². The molecule has 5 heteroatoms. The van der Waals surface area contributed by atoms with Gasteiger partial charge in [0.1, 0.15) is 0 Å². The average Bonchev–Trinajstić information content (AvgIpc) is 2.48. The van der Waals surface area contributed by atoms with Gasteiger partial charge in [-0.2, -0.15) is 0 Å². The molecular formula is C16H20N2O2S. The summed E-state index contributed by atoms with van der Waals surface area (Å²) >= 11 is 0. The first kappa shape index (κ1) is 15.7. The van der Waals surface area contributed by atoms with Gasteiger partial charge in [-0.15, -0.1) is 0 Å². The highest BCUT2D eigenvalue weighted by atomic mass is 32.2. The molecule has 2 rings (SSSR count). The summed E-state index contributed by atoms with van der Waals surface area (Å²) in [6, 6.07) is 18.9. The quantitative estimate of drug-likeness (QED) is 0.860. The molecule has 4 nitrogen and oxygen atoms in total. The normalized spacial score (nSPS) is 14.6. The van der Waals surface area contributed by atoms with Crippen LogP contribution in [-0.2, 0) is 10.0 Å². The van der Waals surface area contributed by atoms with Crippen molar-refractivity contribution in [2.45, 2.75) is 12.1 Å². The minimum atomic E-state index is -3.32. The monoisotopic (exact) mass is 304 g/mol. The van der Waals surface area contributed by atoms with Gasteiger partial charge in [0, 0.05) is 0 Å². The molecule has 0 fully saturated rings. The lowest BCUT2D eigenvalue weighted by Crippen LogP contribution is -2.36. The summed E-state index contributed by atoms with van der Waals surface area (Å²) in [7, 11) is -1.49. The standard InChI is InChI=1S/C16H20N2O2S/c1-17-15(13-9-5-3-6-10-13)16(18-21(2,19)20)14-11-7-4-8-12-14/h3-12,15-18H,1-2H3/t15-,16-/m1/s1. The molecule has 2 N–H and O–H groups in total. The highest BCUT2D eigenvalue weighted by Gasteiger charge is 2.26. The van der Waals surface area contributed by atoms with E-state index in [0.717, 1.165) is 11.1 Å². The Hall–Kier alpha value is -1.69. The lowest BCUT2D eigenvalue weighted by atomic mass is 9.94. The Balaban J connectivity index is 2.43. The number of likely N-dealkylation sites (N-methyl/N-ethyl adjacent to an activating group) is 1. The lowest BCUT2D eigenvalue weighted by molar-refractivity contribution is 0.452. The minimum Gasteiger partial charge on any atom is -0.311 e. The number of sulfonamides is 1. The summed E-state index contributed by atoms with van der Waals surface area (Å²) in [5.41, 5.74) is 1.95. The topological polar surface area (TPSA) is 58.2 Å². The fourth-order valence-electron chi connectivity index (χ4n) is 2.41. The third-order valence-corrected chi connectivity index (χ3v) is 3.98. The van der Waals surface area contributed by atoms with Crippen LogP contribution >= 0.6 is 0 Å². The van der Waals surface area contributed by atoms with Crippen molar-refractivity contribution in [3.05, 3.63) is 71.8 Å². The molecule has 0 spiro atoms. The zero-order valence-electron chi connectivity index (χ0n) is 12.2. The number of hydrogen-bond donors (Lipinski definition) is 2. The molecule has 2 aromatic carbocycles. The Labute approximate surface area is 126 Å². The van der Waals surface area contributed by atoms with Gasteiger partial charge in [0.05, 0.1) is 18.3 Å². The lowest BCUT2D eigenvalue weighted by Gasteiger charge is -2.28. The fraction of sp³-hybridized carbons (Fsp3) is 0.250. The number of rotatable bonds is 6. The van der Waals surface area contributed by atoms with Crippen LogP contribution in [0, 0.1) is 0 Å². The second-order valence-electron chi connectivity index (χ2n) is 4.96. The number of nitrogens with one attached hydrogen (secondary N) is 2. The van der Waals surface area contributed by atoms with Crippen molar-refractivity contribution in [1.29, 1.82) is 0 Å². The fourth-order valence-corrected chi connectivity index (χ4v) is 3.14. The predicted molar refractivity (Wildman–Crippen MR) is 85.4 cm³/mol. The van der Waals surface area contributed by atoms with Crippen molar-refractivity contribution < 1.29 is 8.42 Å². The minimum absolute atomic E-state index is 0.150. The molecule has 0 aromatic heterocycles. The molecule has 0 heterocycles. The van der Waals surface area contributed by atoms with Crippen molar-refractivity contribution in [1.82, 2.24) is 10.0 Å². The summed E-state index contributed by atoms with van der Waals surface area (Å²) in [6.45, 7) is 0. The van der Waals surface area contributed by atoms with Gasteiger partial charge in [-0.3, -0.25) is 0 Å².